The van der Waals surface area contributed by atoms with Crippen LogP contribution in [0.15, 0.2) is 30.3 Å². The Balaban J connectivity index is 2.21. The molecule has 0 radical (unpaired) electrons. The van der Waals surface area contributed by atoms with Gasteiger partial charge in [0, 0.05) is 11.2 Å². The largest absolute Gasteiger partial charge is 0.404 e. The topological polar surface area (TPSA) is 41.1 Å². The Hall–Kier alpha value is -1.56. The molecular weight excluding hydrogens is 293 g/mol. The summed E-state index contributed by atoms with van der Waals surface area (Å²) in [6.45, 7) is 4.99. The van der Waals surface area contributed by atoms with Crippen LogP contribution in [-0.4, -0.2) is 23.7 Å². The van der Waals surface area contributed by atoms with Gasteiger partial charge >= 0.3 is 6.18 Å². The first kappa shape index (κ1) is 16.8. The summed E-state index contributed by atoms with van der Waals surface area (Å²) in [5.41, 5.74) is -1.64. The average molecular weight is 314 g/mol. The standard InChI is InChI=1S/C16H21F3N2O/c1-14(2,3)21-12(16(17,18)19)15(9-10-15)13(22)20-11-7-5-4-6-8-11/h4-8,12,21H,9-10H2,1-3H3,(H,20,22). The molecule has 2 N–H and O–H groups in total. The van der Waals surface area contributed by atoms with E-state index in [4.69, 9.17) is 0 Å². The van der Waals surface area contributed by atoms with Crippen LogP contribution >= 0.6 is 0 Å². The summed E-state index contributed by atoms with van der Waals surface area (Å²) >= 11 is 0. The fourth-order valence-electron chi connectivity index (χ4n) is 2.52. The van der Waals surface area contributed by atoms with Gasteiger partial charge < -0.3 is 10.6 Å². The molecule has 0 aromatic heterocycles. The molecule has 1 fully saturated rings. The Morgan fingerprint density at radius 3 is 2.09 bits per heavy atom. The van der Waals surface area contributed by atoms with Gasteiger partial charge in [-0.15, -0.1) is 0 Å². The van der Waals surface area contributed by atoms with E-state index in [1.54, 1.807) is 51.1 Å². The predicted molar refractivity (Wildman–Crippen MR) is 79.5 cm³/mol. The van der Waals surface area contributed by atoms with Gasteiger partial charge in [-0.3, -0.25) is 4.79 Å². The fraction of sp³-hybridized carbons (Fsp3) is 0.562. The van der Waals surface area contributed by atoms with Crippen molar-refractivity contribution in [3.8, 4) is 0 Å². The number of para-hydroxylation sites is 1. The molecule has 1 aromatic rings. The summed E-state index contributed by atoms with van der Waals surface area (Å²) in [4.78, 5) is 12.4. The number of amides is 1. The predicted octanol–water partition coefficient (Wildman–Crippen LogP) is 3.72. The van der Waals surface area contributed by atoms with Crippen molar-refractivity contribution in [2.24, 2.45) is 5.41 Å². The van der Waals surface area contributed by atoms with Crippen molar-refractivity contribution in [2.75, 3.05) is 5.32 Å². The van der Waals surface area contributed by atoms with E-state index in [1.165, 1.54) is 0 Å². The molecule has 0 aliphatic heterocycles. The zero-order valence-electron chi connectivity index (χ0n) is 12.9. The minimum absolute atomic E-state index is 0.235. The lowest BCUT2D eigenvalue weighted by molar-refractivity contribution is -0.179. The number of anilines is 1. The Morgan fingerprint density at radius 2 is 1.68 bits per heavy atom. The summed E-state index contributed by atoms with van der Waals surface area (Å²) in [7, 11) is 0. The Labute approximate surface area is 128 Å². The van der Waals surface area contributed by atoms with Crippen molar-refractivity contribution in [2.45, 2.75) is 51.4 Å². The molecule has 1 aliphatic rings. The van der Waals surface area contributed by atoms with E-state index in [1.807, 2.05) is 0 Å². The molecule has 0 spiro atoms. The van der Waals surface area contributed by atoms with E-state index in [-0.39, 0.29) is 12.8 Å². The Bertz CT molecular complexity index is 531. The number of benzene rings is 1. The average Bonchev–Trinajstić information content (AvgIpc) is 3.16. The van der Waals surface area contributed by atoms with E-state index in [9.17, 15) is 18.0 Å². The first-order chi connectivity index (χ1) is 10.0. The van der Waals surface area contributed by atoms with Crippen LogP contribution in [0.3, 0.4) is 0 Å². The number of hydrogen-bond acceptors (Lipinski definition) is 2. The normalized spacial score (nSPS) is 18.6. The van der Waals surface area contributed by atoms with E-state index >= 15 is 0 Å². The molecule has 2 rings (SSSR count). The number of hydrogen-bond donors (Lipinski definition) is 2. The Kier molecular flexibility index (Phi) is 4.26. The lowest BCUT2D eigenvalue weighted by atomic mass is 9.91. The van der Waals surface area contributed by atoms with Gasteiger partial charge in [0.15, 0.2) is 0 Å². The van der Waals surface area contributed by atoms with Crippen LogP contribution in [0.2, 0.25) is 0 Å². The maximum atomic E-state index is 13.4. The second-order valence-electron chi connectivity index (χ2n) is 6.85. The van der Waals surface area contributed by atoms with Crippen LogP contribution in [0, 0.1) is 5.41 Å². The number of nitrogens with one attached hydrogen (secondary N) is 2. The smallest absolute Gasteiger partial charge is 0.326 e. The van der Waals surface area contributed by atoms with E-state index in [0.29, 0.717) is 5.69 Å². The molecule has 22 heavy (non-hydrogen) atoms. The number of carbonyl (C=O) groups excluding carboxylic acids is 1. The van der Waals surface area contributed by atoms with Gasteiger partial charge in [0.05, 0.1) is 5.41 Å². The van der Waals surface area contributed by atoms with Crippen LogP contribution in [0.4, 0.5) is 18.9 Å². The lowest BCUT2D eigenvalue weighted by Gasteiger charge is -2.35. The van der Waals surface area contributed by atoms with Crippen LogP contribution in [0.5, 0.6) is 0 Å². The highest BCUT2D eigenvalue weighted by atomic mass is 19.4. The molecule has 6 heteroatoms. The van der Waals surface area contributed by atoms with Crippen molar-refractivity contribution in [1.82, 2.24) is 5.32 Å². The van der Waals surface area contributed by atoms with Crippen molar-refractivity contribution >= 4 is 11.6 Å². The number of rotatable bonds is 4. The molecule has 0 saturated heterocycles. The maximum absolute atomic E-state index is 13.4. The summed E-state index contributed by atoms with van der Waals surface area (Å²) in [6, 6.07) is 6.71. The van der Waals surface area contributed by atoms with Crippen molar-refractivity contribution in [3.63, 3.8) is 0 Å². The highest BCUT2D eigenvalue weighted by Crippen LogP contribution is 2.54. The van der Waals surface area contributed by atoms with E-state index < -0.39 is 29.1 Å². The van der Waals surface area contributed by atoms with Crippen LogP contribution in [0.1, 0.15) is 33.6 Å². The van der Waals surface area contributed by atoms with Gasteiger partial charge in [-0.1, -0.05) is 18.2 Å². The first-order valence-corrected chi connectivity index (χ1v) is 7.25. The summed E-state index contributed by atoms with van der Waals surface area (Å²) in [6.07, 6.45) is -4.00. The second-order valence-corrected chi connectivity index (χ2v) is 6.85. The summed E-state index contributed by atoms with van der Waals surface area (Å²) < 4.78 is 40.3. The molecule has 1 amide bonds. The second kappa shape index (κ2) is 5.57. The first-order valence-electron chi connectivity index (χ1n) is 7.25. The van der Waals surface area contributed by atoms with E-state index in [0.717, 1.165) is 0 Å². The van der Waals surface area contributed by atoms with Gasteiger partial charge in [-0.25, -0.2) is 0 Å². The fourth-order valence-corrected chi connectivity index (χ4v) is 2.52. The molecular formula is C16H21F3N2O. The molecule has 0 heterocycles. The van der Waals surface area contributed by atoms with Gasteiger partial charge in [-0.05, 0) is 45.7 Å². The number of halogens is 3. The van der Waals surface area contributed by atoms with Gasteiger partial charge in [-0.2, -0.15) is 13.2 Å². The van der Waals surface area contributed by atoms with Gasteiger partial charge in [0.1, 0.15) is 6.04 Å². The van der Waals surface area contributed by atoms with Crippen LogP contribution in [0.25, 0.3) is 0 Å². The zero-order valence-corrected chi connectivity index (χ0v) is 12.9. The molecule has 3 nitrogen and oxygen atoms in total. The minimum Gasteiger partial charge on any atom is -0.326 e. The van der Waals surface area contributed by atoms with Crippen LogP contribution in [-0.2, 0) is 4.79 Å². The third-order valence-corrected chi connectivity index (χ3v) is 3.73. The molecule has 1 aliphatic carbocycles. The SMILES string of the molecule is CC(C)(C)NC(C(F)(F)F)C1(C(=O)Nc2ccccc2)CC1. The quantitative estimate of drug-likeness (QED) is 0.889. The van der Waals surface area contributed by atoms with Gasteiger partial charge in [0.25, 0.3) is 0 Å². The third-order valence-electron chi connectivity index (χ3n) is 3.73. The van der Waals surface area contributed by atoms with Crippen LogP contribution < -0.4 is 10.6 Å². The highest BCUT2D eigenvalue weighted by molar-refractivity contribution is 5.97. The third kappa shape index (κ3) is 3.80. The number of carbonyl (C=O) groups is 1. The molecule has 1 aromatic carbocycles. The Morgan fingerprint density at radius 1 is 1.14 bits per heavy atom. The zero-order chi connectivity index (χ0) is 16.6. The summed E-state index contributed by atoms with van der Waals surface area (Å²) in [5, 5.41) is 5.18. The molecule has 1 unspecified atom stereocenters. The monoisotopic (exact) mass is 314 g/mol. The lowest BCUT2D eigenvalue weighted by Crippen LogP contribution is -2.58. The summed E-state index contributed by atoms with van der Waals surface area (Å²) in [5.74, 6) is -0.572. The maximum Gasteiger partial charge on any atom is 0.404 e. The van der Waals surface area contributed by atoms with Gasteiger partial charge in [0.2, 0.25) is 5.91 Å². The molecule has 122 valence electrons. The van der Waals surface area contributed by atoms with Crippen molar-refractivity contribution < 1.29 is 18.0 Å². The van der Waals surface area contributed by atoms with E-state index in [2.05, 4.69) is 10.6 Å². The molecule has 1 saturated carbocycles. The van der Waals surface area contributed by atoms with Crippen molar-refractivity contribution in [1.29, 1.82) is 0 Å². The molecule has 0 bridgehead atoms. The minimum atomic E-state index is -4.47. The van der Waals surface area contributed by atoms with Crippen molar-refractivity contribution in [3.05, 3.63) is 30.3 Å². The number of alkyl halides is 3. The highest BCUT2D eigenvalue weighted by Gasteiger charge is 2.64. The molecule has 1 atom stereocenters.